The average molecular weight is 1260 g/mol. The van der Waals surface area contributed by atoms with E-state index in [-0.39, 0.29) is 55.9 Å². The van der Waals surface area contributed by atoms with E-state index in [1.165, 1.54) is 11.0 Å². The molecule has 2 atom stereocenters. The van der Waals surface area contributed by atoms with Crippen LogP contribution in [0.3, 0.4) is 0 Å². The van der Waals surface area contributed by atoms with Gasteiger partial charge in [0.1, 0.15) is 49.1 Å². The number of pyridine rings is 1. The van der Waals surface area contributed by atoms with Crippen molar-refractivity contribution in [3.05, 3.63) is 182 Å². The molecule has 470 valence electrons. The zero-order valence-corrected chi connectivity index (χ0v) is 53.1. The largest absolute Gasteiger partial charge is 0.449 e. The Morgan fingerprint density at radius 3 is 2.24 bits per heavy atom. The lowest BCUT2D eigenvalue weighted by Gasteiger charge is -2.44. The summed E-state index contributed by atoms with van der Waals surface area (Å²) in [6.07, 6.45) is 4.99. The summed E-state index contributed by atoms with van der Waals surface area (Å²) < 4.78 is 50.2. The molecule has 2 fully saturated rings. The number of thioether (sulfide) groups is 1. The van der Waals surface area contributed by atoms with Crippen LogP contribution in [0, 0.1) is 16.0 Å². The molecule has 1 aliphatic carbocycles. The third-order valence-electron chi connectivity index (χ3n) is 17.2. The molecule has 22 nitrogen and oxygen atoms in total. The van der Waals surface area contributed by atoms with E-state index in [4.69, 9.17) is 19.2 Å². The molecule has 0 saturated carbocycles. The van der Waals surface area contributed by atoms with Crippen LogP contribution in [0.2, 0.25) is 0 Å². The summed E-state index contributed by atoms with van der Waals surface area (Å²) in [5, 5.41) is 26.1. The van der Waals surface area contributed by atoms with E-state index < -0.39 is 54.6 Å². The topological polar surface area (TPSA) is 259 Å². The molecule has 2 saturated heterocycles. The Morgan fingerprint density at radius 1 is 0.911 bits per heavy atom. The first-order valence-electron chi connectivity index (χ1n) is 30.1. The van der Waals surface area contributed by atoms with Gasteiger partial charge in [0.25, 0.3) is 27.5 Å². The minimum atomic E-state index is -4.54. The van der Waals surface area contributed by atoms with Gasteiger partial charge in [-0.1, -0.05) is 67.6 Å². The monoisotopic (exact) mass is 1260 g/mol. The SMILES string of the molecule is CCN(C(=O)OC(C)(C)C)c1cc(C2(Cc3nncn3C)COC2)cc(N2Cc3c(SC)cc(C[N+]4(Cc5ccc(NS(=O)(=O)c6ccc(C(=O)NCCNC(=O)OCC7c8ccccc8-c8ccccc87)cc6[N+](=O)[O-])cc5)CCCC(C)C4)cc3C2=O)n1. The van der Waals surface area contributed by atoms with Gasteiger partial charge < -0.3 is 33.9 Å². The van der Waals surface area contributed by atoms with Crippen LogP contribution >= 0.6 is 11.8 Å². The fourth-order valence-electron chi connectivity index (χ4n) is 12.9. The van der Waals surface area contributed by atoms with Crippen molar-refractivity contribution in [3.8, 4) is 11.1 Å². The van der Waals surface area contributed by atoms with Crippen molar-refractivity contribution in [1.29, 1.82) is 0 Å². The number of nitrogens with zero attached hydrogens (tertiary/aromatic N) is 8. The Bertz CT molecular complexity index is 3990. The fourth-order valence-corrected chi connectivity index (χ4v) is 14.8. The highest BCUT2D eigenvalue weighted by molar-refractivity contribution is 7.98. The van der Waals surface area contributed by atoms with Crippen LogP contribution in [0.5, 0.6) is 0 Å². The minimum absolute atomic E-state index is 0.00373. The van der Waals surface area contributed by atoms with Crippen molar-refractivity contribution in [2.45, 2.75) is 100 Å². The van der Waals surface area contributed by atoms with Crippen LogP contribution in [-0.2, 0) is 62.8 Å². The van der Waals surface area contributed by atoms with Crippen molar-refractivity contribution in [3.63, 3.8) is 0 Å². The van der Waals surface area contributed by atoms with Crippen LogP contribution in [0.4, 0.5) is 32.6 Å². The number of quaternary nitrogens is 1. The number of carbonyl (C=O) groups excluding carboxylic acids is 4. The number of sulfonamides is 1. The first-order valence-corrected chi connectivity index (χ1v) is 32.8. The molecule has 4 amide bonds. The van der Waals surface area contributed by atoms with Crippen molar-refractivity contribution in [1.82, 2.24) is 30.4 Å². The summed E-state index contributed by atoms with van der Waals surface area (Å²) >= 11 is 1.58. The molecular formula is C66H74N11O11S2+. The maximum Gasteiger partial charge on any atom is 0.415 e. The maximum atomic E-state index is 15.0. The van der Waals surface area contributed by atoms with E-state index in [0.29, 0.717) is 60.3 Å². The Labute approximate surface area is 527 Å². The van der Waals surface area contributed by atoms with Crippen LogP contribution in [0.1, 0.15) is 113 Å². The van der Waals surface area contributed by atoms with Crippen LogP contribution < -0.4 is 25.2 Å². The predicted molar refractivity (Wildman–Crippen MR) is 341 cm³/mol. The van der Waals surface area contributed by atoms with E-state index in [0.717, 1.165) is 93.3 Å². The highest BCUT2D eigenvalue weighted by Crippen LogP contribution is 2.45. The van der Waals surface area contributed by atoms with E-state index in [9.17, 15) is 32.9 Å². The summed E-state index contributed by atoms with van der Waals surface area (Å²) in [6, 6.07) is 34.1. The number of aromatic nitrogens is 4. The van der Waals surface area contributed by atoms with Gasteiger partial charge in [0.05, 0.1) is 37.8 Å². The van der Waals surface area contributed by atoms with Crippen molar-refractivity contribution in [2.75, 3.05) is 73.3 Å². The number of aryl methyl sites for hydroxylation is 1. The number of nitro groups is 1. The number of amides is 4. The highest BCUT2D eigenvalue weighted by atomic mass is 32.2. The summed E-state index contributed by atoms with van der Waals surface area (Å²) in [5.74, 6) is 0.873. The molecule has 24 heteroatoms. The second kappa shape index (κ2) is 25.6. The van der Waals surface area contributed by atoms with Crippen molar-refractivity contribution >= 4 is 68.8 Å². The molecule has 7 aromatic rings. The first-order chi connectivity index (χ1) is 43.0. The third-order valence-corrected chi connectivity index (χ3v) is 19.5. The number of carbonyl (C=O) groups is 4. The van der Waals surface area contributed by atoms with Crippen LogP contribution in [0.25, 0.3) is 11.1 Å². The number of fused-ring (bicyclic) bond motifs is 4. The lowest BCUT2D eigenvalue weighted by molar-refractivity contribution is -0.960. The van der Waals surface area contributed by atoms with Gasteiger partial charge in [-0.3, -0.25) is 34.2 Å². The van der Waals surface area contributed by atoms with Gasteiger partial charge >= 0.3 is 12.2 Å². The van der Waals surface area contributed by atoms with Gasteiger partial charge in [-0.15, -0.1) is 22.0 Å². The quantitative estimate of drug-likeness (QED) is 0.0199. The molecule has 0 spiro atoms. The number of rotatable bonds is 21. The van der Waals surface area contributed by atoms with E-state index in [1.807, 2.05) is 124 Å². The fraction of sp³-hybridized carbons (Fsp3) is 0.379. The second-order valence-corrected chi connectivity index (χ2v) is 27.4. The molecular weight excluding hydrogens is 1190 g/mol. The standard InChI is InChI=1S/C66H73N11O11S2/c1-8-74(64(81)88-65(3,4)5)58-31-46(66(39-86-40-66)33-60-71-69-41-73(60)6)32-59(70-58)75-34-53-52(62(75)79)28-44(29-56(53)89-7)37-77(27-13-14-42(2)35-77)36-43-19-22-47(23-20-43)72-90(84,85)57-24-21-45(30-55(57)76(82)83)61(78)67-25-26-68-63(80)87-38-54-50-17-11-9-15-48(50)49-16-10-12-18-51(49)54/h9-12,15-24,28-32,41-42,54,72H,8,13-14,25-27,33-40H2,1-7H3,(H-,67,68,78,80)/p+1. The van der Waals surface area contributed by atoms with Gasteiger partial charge in [-0.2, -0.15) is 0 Å². The number of nitrogens with one attached hydrogen (secondary N) is 3. The Kier molecular flexibility index (Phi) is 17.9. The maximum absolute atomic E-state index is 15.0. The molecule has 3 N–H and O–H groups in total. The van der Waals surface area contributed by atoms with Gasteiger partial charge in [-0.05, 0) is 129 Å². The van der Waals surface area contributed by atoms with Crippen molar-refractivity contribution < 1.29 is 51.2 Å². The molecule has 11 rings (SSSR count). The molecule has 2 aromatic heterocycles. The average Bonchev–Trinajstić information content (AvgIpc) is 1.55. The molecule has 2 unspecified atom stereocenters. The molecule has 0 radical (unpaired) electrons. The zero-order chi connectivity index (χ0) is 63.7. The first kappa shape index (κ1) is 62.9. The third kappa shape index (κ3) is 13.3. The molecule has 5 heterocycles. The summed E-state index contributed by atoms with van der Waals surface area (Å²) in [6.45, 7) is 13.9. The Morgan fingerprint density at radius 2 is 1.61 bits per heavy atom. The minimum Gasteiger partial charge on any atom is -0.449 e. The number of ether oxygens (including phenoxy) is 3. The Hall–Kier alpha value is -8.71. The van der Waals surface area contributed by atoms with Crippen LogP contribution in [0.15, 0.2) is 131 Å². The summed E-state index contributed by atoms with van der Waals surface area (Å²) in [7, 11) is -2.64. The van der Waals surface area contributed by atoms with E-state index >= 15 is 4.79 Å². The van der Waals surface area contributed by atoms with Gasteiger partial charge in [0, 0.05) is 89.3 Å². The molecule has 90 heavy (non-hydrogen) atoms. The predicted octanol–water partition coefficient (Wildman–Crippen LogP) is 10.3. The number of alkyl carbamates (subject to hydrolysis) is 1. The van der Waals surface area contributed by atoms with Gasteiger partial charge in [0.2, 0.25) is 0 Å². The number of likely N-dealkylation sites (tertiary alicyclic amines) is 1. The molecule has 3 aliphatic heterocycles. The normalized spacial score (nSPS) is 17.6. The zero-order valence-electron chi connectivity index (χ0n) is 51.5. The second-order valence-electron chi connectivity index (χ2n) is 24.9. The number of piperidine rings is 1. The van der Waals surface area contributed by atoms with E-state index in [2.05, 4.69) is 38.5 Å². The molecule has 5 aromatic carbocycles. The molecule has 4 aliphatic rings. The smallest absolute Gasteiger partial charge is 0.415 e. The van der Waals surface area contributed by atoms with E-state index in [1.54, 1.807) is 35.1 Å². The number of hydrogen-bond acceptors (Lipinski definition) is 15. The van der Waals surface area contributed by atoms with Gasteiger partial charge in [0.15, 0.2) is 4.90 Å². The van der Waals surface area contributed by atoms with Crippen LogP contribution in [-0.4, -0.2) is 126 Å². The lowest BCUT2D eigenvalue weighted by Crippen LogP contribution is -2.52. The number of anilines is 3. The molecule has 0 bridgehead atoms. The lowest BCUT2D eigenvalue weighted by atomic mass is 9.75. The number of nitro benzene ring substituents is 1. The number of benzene rings is 5. The highest BCUT2D eigenvalue weighted by Gasteiger charge is 2.44. The summed E-state index contributed by atoms with van der Waals surface area (Å²) in [4.78, 5) is 74.8. The Balaban J connectivity index is 0.756. The van der Waals surface area contributed by atoms with Gasteiger partial charge in [-0.25, -0.2) is 23.0 Å². The summed E-state index contributed by atoms with van der Waals surface area (Å²) in [5.41, 5.74) is 6.54. The number of hydrogen-bond donors (Lipinski definition) is 3. The van der Waals surface area contributed by atoms with Crippen molar-refractivity contribution in [2.24, 2.45) is 13.0 Å².